The number of hydrogen-bond acceptors (Lipinski definition) is 5. The zero-order valence-corrected chi connectivity index (χ0v) is 22.4. The van der Waals surface area contributed by atoms with Gasteiger partial charge in [-0.25, -0.2) is 13.8 Å². The largest absolute Gasteiger partial charge is 0.355 e. The van der Waals surface area contributed by atoms with Crippen molar-refractivity contribution in [3.05, 3.63) is 77.2 Å². The fourth-order valence-corrected chi connectivity index (χ4v) is 4.99. The minimum Gasteiger partial charge on any atom is -0.355 e. The Kier molecular flexibility index (Phi) is 9.78. The van der Waals surface area contributed by atoms with Crippen molar-refractivity contribution in [1.82, 2.24) is 25.5 Å². The van der Waals surface area contributed by atoms with Gasteiger partial charge in [-0.05, 0) is 54.5 Å². The summed E-state index contributed by atoms with van der Waals surface area (Å²) in [7, 11) is 0. The van der Waals surface area contributed by atoms with Crippen LogP contribution in [0.1, 0.15) is 49.8 Å². The molecule has 0 bridgehead atoms. The van der Waals surface area contributed by atoms with Crippen molar-refractivity contribution < 1.29 is 18.4 Å². The maximum atomic E-state index is 14.4. The van der Waals surface area contributed by atoms with Gasteiger partial charge in [0.25, 0.3) is 0 Å². The van der Waals surface area contributed by atoms with Crippen molar-refractivity contribution in [3.8, 4) is 5.69 Å². The van der Waals surface area contributed by atoms with Crippen molar-refractivity contribution in [3.63, 3.8) is 0 Å². The van der Waals surface area contributed by atoms with Gasteiger partial charge in [0.1, 0.15) is 18.0 Å². The van der Waals surface area contributed by atoms with E-state index in [9.17, 15) is 18.4 Å². The van der Waals surface area contributed by atoms with E-state index in [0.717, 1.165) is 23.7 Å². The fourth-order valence-electron chi connectivity index (χ4n) is 4.99. The van der Waals surface area contributed by atoms with Crippen LogP contribution in [0.15, 0.2) is 48.9 Å². The molecule has 0 radical (unpaired) electrons. The van der Waals surface area contributed by atoms with Crippen molar-refractivity contribution in [1.29, 1.82) is 0 Å². The number of fused-ring (bicyclic) bond motifs is 1. The van der Waals surface area contributed by atoms with E-state index in [-0.39, 0.29) is 17.9 Å². The lowest BCUT2D eigenvalue weighted by Gasteiger charge is -2.29. The summed E-state index contributed by atoms with van der Waals surface area (Å²) in [5, 5.41) is 12.4. The summed E-state index contributed by atoms with van der Waals surface area (Å²) >= 11 is 0. The molecule has 2 amide bonds. The summed E-state index contributed by atoms with van der Waals surface area (Å²) in [6.07, 6.45) is 6.53. The Balaban J connectivity index is 1.37. The Bertz CT molecular complexity index is 1290. The molecule has 1 aliphatic rings. The maximum Gasteiger partial charge on any atom is 0.242 e. The Labute approximate surface area is 227 Å². The number of amides is 2. The molecule has 4 rings (SSSR count). The van der Waals surface area contributed by atoms with Crippen molar-refractivity contribution in [2.24, 2.45) is 0 Å². The van der Waals surface area contributed by atoms with Crippen LogP contribution >= 0.6 is 0 Å². The van der Waals surface area contributed by atoms with Gasteiger partial charge in [0, 0.05) is 38.7 Å². The van der Waals surface area contributed by atoms with Crippen LogP contribution in [0.2, 0.25) is 0 Å². The number of hydrogen-bond donors (Lipinski definition) is 4. The lowest BCUT2D eigenvalue weighted by molar-refractivity contribution is -0.119. The van der Waals surface area contributed by atoms with Gasteiger partial charge in [-0.1, -0.05) is 31.5 Å². The van der Waals surface area contributed by atoms with Gasteiger partial charge in [-0.15, -0.1) is 0 Å². The smallest absolute Gasteiger partial charge is 0.242 e. The molecular weight excluding hydrogens is 502 g/mol. The predicted molar refractivity (Wildman–Crippen MR) is 147 cm³/mol. The predicted octanol–water partition coefficient (Wildman–Crippen LogP) is 3.63. The van der Waals surface area contributed by atoms with E-state index in [4.69, 9.17) is 0 Å². The Morgan fingerprint density at radius 2 is 2.00 bits per heavy atom. The number of carbonyl (C=O) groups is 2. The fraction of sp³-hybridized carbons (Fsp3) is 0.414. The Hall–Kier alpha value is -3.63. The highest BCUT2D eigenvalue weighted by Crippen LogP contribution is 2.26. The molecule has 1 aliphatic carbocycles. The van der Waals surface area contributed by atoms with Gasteiger partial charge in [0.05, 0.1) is 17.9 Å². The van der Waals surface area contributed by atoms with Crippen LogP contribution in [0.3, 0.4) is 0 Å². The number of halogens is 2. The third kappa shape index (κ3) is 7.70. The van der Waals surface area contributed by atoms with Crippen LogP contribution in [0, 0.1) is 11.6 Å². The number of aryl methyl sites for hydroxylation is 1. The molecule has 0 saturated heterocycles. The van der Waals surface area contributed by atoms with Gasteiger partial charge in [0.2, 0.25) is 11.8 Å². The standard InChI is InChI=1S/C29H36F2N6O2/c1-3-6-26(35-23-10-9-20-13-22(30)14-25(31)24(20)15-23)29(39)36-28-17-37(18-34-28)27-8-5-4-7-21(27)16-32-11-12-33-19(2)38/h4-5,7-8,13-14,17-18,23,26,32,35H,3,6,9-12,15-16H2,1-2H3,(H,33,38)(H,36,39)/t23-,26+/m0/s1. The minimum absolute atomic E-state index is 0.0591. The summed E-state index contributed by atoms with van der Waals surface area (Å²) in [5.74, 6) is -0.897. The molecule has 0 spiro atoms. The lowest BCUT2D eigenvalue weighted by atomic mass is 9.87. The number of anilines is 1. The molecule has 2 aromatic carbocycles. The number of carbonyl (C=O) groups excluding carboxylic acids is 2. The minimum atomic E-state index is -0.554. The quantitative estimate of drug-likeness (QED) is 0.264. The van der Waals surface area contributed by atoms with E-state index < -0.39 is 17.7 Å². The van der Waals surface area contributed by atoms with Crippen LogP contribution in [0.25, 0.3) is 5.69 Å². The number of rotatable bonds is 12. The average molecular weight is 539 g/mol. The molecule has 10 heteroatoms. The maximum absolute atomic E-state index is 14.4. The molecule has 4 N–H and O–H groups in total. The van der Waals surface area contributed by atoms with Crippen molar-refractivity contribution >= 4 is 17.6 Å². The first-order valence-electron chi connectivity index (χ1n) is 13.4. The first kappa shape index (κ1) is 28.4. The first-order valence-corrected chi connectivity index (χ1v) is 13.4. The molecule has 8 nitrogen and oxygen atoms in total. The van der Waals surface area contributed by atoms with E-state index in [2.05, 4.69) is 26.3 Å². The molecule has 0 saturated carbocycles. The number of nitrogens with one attached hydrogen (secondary N) is 4. The van der Waals surface area contributed by atoms with Gasteiger partial charge in [0.15, 0.2) is 5.82 Å². The van der Waals surface area contributed by atoms with Crippen LogP contribution in [-0.4, -0.2) is 46.5 Å². The third-order valence-electron chi connectivity index (χ3n) is 6.89. The van der Waals surface area contributed by atoms with Gasteiger partial charge >= 0.3 is 0 Å². The Morgan fingerprint density at radius 3 is 2.79 bits per heavy atom. The number of para-hydroxylation sites is 1. The van der Waals surface area contributed by atoms with Gasteiger partial charge in [-0.2, -0.15) is 0 Å². The summed E-state index contributed by atoms with van der Waals surface area (Å²) in [6.45, 7) is 5.30. The molecule has 39 heavy (non-hydrogen) atoms. The summed E-state index contributed by atoms with van der Waals surface area (Å²) in [5.41, 5.74) is 3.21. The van der Waals surface area contributed by atoms with E-state index in [1.54, 1.807) is 12.5 Å². The molecule has 208 valence electrons. The molecule has 3 aromatic rings. The molecule has 1 heterocycles. The van der Waals surface area contributed by atoms with Gasteiger partial charge in [-0.3, -0.25) is 9.59 Å². The zero-order chi connectivity index (χ0) is 27.8. The van der Waals surface area contributed by atoms with E-state index in [1.807, 2.05) is 35.8 Å². The van der Waals surface area contributed by atoms with Crippen LogP contribution < -0.4 is 21.3 Å². The second-order valence-corrected chi connectivity index (χ2v) is 9.92. The van der Waals surface area contributed by atoms with Crippen LogP contribution in [0.4, 0.5) is 14.6 Å². The lowest BCUT2D eigenvalue weighted by Crippen LogP contribution is -2.48. The van der Waals surface area contributed by atoms with E-state index in [0.29, 0.717) is 62.3 Å². The monoisotopic (exact) mass is 538 g/mol. The summed E-state index contributed by atoms with van der Waals surface area (Å²) in [4.78, 5) is 28.6. The molecular formula is C29H36F2N6O2. The normalized spacial score (nSPS) is 15.4. The third-order valence-corrected chi connectivity index (χ3v) is 6.89. The van der Waals surface area contributed by atoms with Gasteiger partial charge < -0.3 is 25.8 Å². The average Bonchev–Trinajstić information content (AvgIpc) is 3.36. The molecule has 2 atom stereocenters. The number of benzene rings is 2. The highest BCUT2D eigenvalue weighted by atomic mass is 19.1. The zero-order valence-electron chi connectivity index (χ0n) is 22.4. The number of imidazole rings is 1. The van der Waals surface area contributed by atoms with Crippen molar-refractivity contribution in [2.45, 2.75) is 64.6 Å². The second kappa shape index (κ2) is 13.4. The molecule has 0 fully saturated rings. The molecule has 1 aromatic heterocycles. The SMILES string of the molecule is CCC[C@@H](N[C@H]1CCc2cc(F)cc(F)c2C1)C(=O)Nc1cn(-c2ccccc2CNCCNC(C)=O)cn1. The topological polar surface area (TPSA) is 100 Å². The van der Waals surface area contributed by atoms with E-state index >= 15 is 0 Å². The number of aromatic nitrogens is 2. The first-order chi connectivity index (χ1) is 18.8. The van der Waals surface area contributed by atoms with E-state index in [1.165, 1.54) is 13.0 Å². The number of nitrogens with zero attached hydrogens (tertiary/aromatic N) is 2. The highest BCUT2D eigenvalue weighted by Gasteiger charge is 2.27. The van der Waals surface area contributed by atoms with Crippen LogP contribution in [0.5, 0.6) is 0 Å². The highest BCUT2D eigenvalue weighted by molar-refractivity contribution is 5.94. The molecule has 0 unspecified atom stereocenters. The second-order valence-electron chi connectivity index (χ2n) is 9.92. The molecule has 0 aliphatic heterocycles. The Morgan fingerprint density at radius 1 is 1.18 bits per heavy atom. The van der Waals surface area contributed by atoms with Crippen LogP contribution in [-0.2, 0) is 29.0 Å². The summed E-state index contributed by atoms with van der Waals surface area (Å²) in [6, 6.07) is 9.67. The summed E-state index contributed by atoms with van der Waals surface area (Å²) < 4.78 is 29.8. The van der Waals surface area contributed by atoms with Crippen molar-refractivity contribution in [2.75, 3.05) is 18.4 Å².